The number of nitrogens with zero attached hydrogens (tertiary/aromatic N) is 8. The summed E-state index contributed by atoms with van der Waals surface area (Å²) in [4.78, 5) is 9.81. The lowest BCUT2D eigenvalue weighted by molar-refractivity contribution is 0.142. The van der Waals surface area contributed by atoms with Gasteiger partial charge in [-0.25, -0.2) is 0 Å². The quantitative estimate of drug-likeness (QED) is 0.141. The van der Waals surface area contributed by atoms with E-state index in [1.807, 2.05) is 63.6 Å². The molecule has 0 bridgehead atoms. The summed E-state index contributed by atoms with van der Waals surface area (Å²) in [6.07, 6.45) is 39.5. The maximum Gasteiger partial charge on any atom is 0.132 e. The highest BCUT2D eigenvalue weighted by Gasteiger charge is 2.61. The molecule has 8 aromatic heterocycles. The number of thiophene rings is 8. The third-order valence-electron chi connectivity index (χ3n) is 24.4. The molecule has 4 fully saturated rings. The van der Waals surface area contributed by atoms with E-state index in [9.17, 15) is 42.1 Å². The lowest BCUT2D eigenvalue weighted by Gasteiger charge is -2.46. The molecule has 0 saturated heterocycles. The van der Waals surface area contributed by atoms with Gasteiger partial charge >= 0.3 is 0 Å². The average molecular weight is 1420 g/mol. The topological polar surface area (TPSA) is 190 Å². The molecule has 0 N–H and O–H groups in total. The minimum absolute atomic E-state index is 0.0479. The van der Waals surface area contributed by atoms with Crippen molar-refractivity contribution in [2.75, 3.05) is 0 Å². The third kappa shape index (κ3) is 9.13. The Balaban J connectivity index is 0.716. The van der Waals surface area contributed by atoms with E-state index < -0.39 is 0 Å². The fraction of sp³-hybridized carbons (Fsp3) is 0.366. The Morgan fingerprint density at radius 2 is 0.806 bits per heavy atom. The fourth-order valence-electron chi connectivity index (χ4n) is 20.2. The molecule has 10 aliphatic rings. The normalized spacial score (nSPS) is 24.0. The molecular weight excluding hydrogens is 1350 g/mol. The van der Waals surface area contributed by atoms with Gasteiger partial charge < -0.3 is 0 Å². The first-order valence-electron chi connectivity index (χ1n) is 34.7. The van der Waals surface area contributed by atoms with E-state index in [-0.39, 0.29) is 44.0 Å². The number of hydrogen-bond donors (Lipinski definition) is 0. The molecule has 4 saturated carbocycles. The summed E-state index contributed by atoms with van der Waals surface area (Å²) >= 11 is 15.3. The van der Waals surface area contributed by atoms with Crippen LogP contribution in [0.5, 0.6) is 0 Å². The van der Waals surface area contributed by atoms with Crippen LogP contribution in [0.2, 0.25) is 0 Å². The monoisotopic (exact) mass is 1410 g/mol. The van der Waals surface area contributed by atoms with E-state index in [1.165, 1.54) is 136 Å². The van der Waals surface area contributed by atoms with Gasteiger partial charge in [0.1, 0.15) is 70.8 Å². The van der Waals surface area contributed by atoms with Gasteiger partial charge in [-0.3, -0.25) is 0 Å². The maximum atomic E-state index is 10.2. The van der Waals surface area contributed by atoms with E-state index in [0.717, 1.165) is 129 Å². The second-order valence-corrected chi connectivity index (χ2v) is 37.3. The van der Waals surface area contributed by atoms with Crippen molar-refractivity contribution < 1.29 is 0 Å². The van der Waals surface area contributed by atoms with Crippen molar-refractivity contribution in [3.63, 3.8) is 0 Å². The standard InChI is InChI=1S/C82H62N8S8/c83-37-45(38-84)29-55-13-15-61(91-55)58-34-60-68(74-69(80(60)23-5-2-6-24-80)75-78(98-74)72-66(96-75)36-64(94-72)62-16-14-56(92-62)30-46(39-85)40-86)81(58)25-17-47(18-26-81)48-19-27-82(28-20-48)59-33-57(51-11-7-9-49(31-51)53(41-87)42-88)79(21-3-1-4-22-79)67(59)73-70(82)76-77(97-73)71-65(95-76)35-63(93-71)52-12-8-10-50(32-52)54(43-89)44-90/h13-16,29-36,47-48H,1-12,17-28H2. The molecule has 8 nitrogen and oxygen atoms in total. The number of hydrogen-bond acceptors (Lipinski definition) is 16. The summed E-state index contributed by atoms with van der Waals surface area (Å²) in [5.41, 5.74) is 17.2. The van der Waals surface area contributed by atoms with Crippen molar-refractivity contribution in [1.82, 2.24) is 0 Å². The zero-order valence-corrected chi connectivity index (χ0v) is 60.4. The van der Waals surface area contributed by atoms with Gasteiger partial charge in [0.25, 0.3) is 0 Å². The first-order chi connectivity index (χ1) is 48.0. The van der Waals surface area contributed by atoms with Gasteiger partial charge in [0.2, 0.25) is 0 Å². The zero-order valence-electron chi connectivity index (χ0n) is 53.9. The van der Waals surface area contributed by atoms with Crippen molar-refractivity contribution in [1.29, 1.82) is 42.1 Å². The maximum absolute atomic E-state index is 10.2. The predicted molar refractivity (Wildman–Crippen MR) is 405 cm³/mol. The molecule has 4 spiro atoms. The van der Waals surface area contributed by atoms with E-state index in [2.05, 4.69) is 114 Å². The van der Waals surface area contributed by atoms with E-state index >= 15 is 0 Å². The molecule has 18 rings (SSSR count). The summed E-state index contributed by atoms with van der Waals surface area (Å²) in [6, 6.07) is 30.5. The average Bonchev–Trinajstić information content (AvgIpc) is 1.50. The SMILES string of the molecule is N#CC(C#N)=Cc1ccc(C2=CC3=C(c4sc5c(sc6cc(-c7ccc(C=C(C#N)C#N)s7)sc65)c4C34CCCCC4)C23CCC(C2CCC4(CC2)C2=C(c5sc6c(sc7cc(C8=CC(=C(C#N)C#N)CCC8)sc76)c54)C4(CCCCC4)C(C4=CC(=C(C#N)C#N)CCC4)=C2)CC3)s1. The molecule has 0 aliphatic heterocycles. The summed E-state index contributed by atoms with van der Waals surface area (Å²) in [5, 5.41) is 78.9. The Morgan fingerprint density at radius 3 is 1.34 bits per heavy atom. The lowest BCUT2D eigenvalue weighted by atomic mass is 9.58. The van der Waals surface area contributed by atoms with Crippen LogP contribution in [0.15, 0.2) is 116 Å². The van der Waals surface area contributed by atoms with Crippen LogP contribution in [0.25, 0.3) is 81.8 Å². The number of fused-ring (bicyclic) bond motifs is 18. The molecule has 478 valence electrons. The van der Waals surface area contributed by atoms with Gasteiger partial charge in [0, 0.05) is 70.1 Å². The van der Waals surface area contributed by atoms with Gasteiger partial charge in [-0.1, -0.05) is 62.8 Å². The van der Waals surface area contributed by atoms with Crippen LogP contribution in [-0.2, 0) is 10.8 Å². The lowest BCUT2D eigenvalue weighted by Crippen LogP contribution is -2.36. The van der Waals surface area contributed by atoms with Crippen LogP contribution < -0.4 is 0 Å². The van der Waals surface area contributed by atoms with Gasteiger partial charge in [0.15, 0.2) is 0 Å². The highest BCUT2D eigenvalue weighted by molar-refractivity contribution is 7.41. The smallest absolute Gasteiger partial charge is 0.132 e. The summed E-state index contributed by atoms with van der Waals surface area (Å²) in [5.74, 6) is 1.19. The first-order valence-corrected chi connectivity index (χ1v) is 41.2. The van der Waals surface area contributed by atoms with E-state index in [1.54, 1.807) is 68.2 Å². The Kier molecular flexibility index (Phi) is 15.1. The highest BCUT2D eigenvalue weighted by atomic mass is 32.1. The van der Waals surface area contributed by atoms with Crippen LogP contribution in [0, 0.1) is 113 Å². The molecule has 0 atom stereocenters. The zero-order chi connectivity index (χ0) is 66.4. The van der Waals surface area contributed by atoms with Crippen LogP contribution in [-0.4, -0.2) is 0 Å². The van der Waals surface area contributed by atoms with Crippen molar-refractivity contribution in [2.45, 2.75) is 165 Å². The number of allylic oxidation sites excluding steroid dienone is 18. The van der Waals surface area contributed by atoms with Crippen LogP contribution in [0.1, 0.15) is 194 Å². The van der Waals surface area contributed by atoms with Gasteiger partial charge in [-0.2, -0.15) is 42.1 Å². The first kappa shape index (κ1) is 62.2. The van der Waals surface area contributed by atoms with Crippen LogP contribution >= 0.6 is 90.7 Å². The third-order valence-corrected chi connectivity index (χ3v) is 34.6. The molecular formula is C82H62N8S8. The van der Waals surface area contributed by atoms with Crippen molar-refractivity contribution in [3.05, 3.63) is 157 Å². The molecule has 0 aromatic carbocycles. The molecule has 0 unspecified atom stereocenters. The van der Waals surface area contributed by atoms with Crippen molar-refractivity contribution >= 4 is 163 Å². The molecule has 8 heterocycles. The Hall–Kier alpha value is -8.04. The largest absolute Gasteiger partial charge is 0.192 e. The van der Waals surface area contributed by atoms with Crippen molar-refractivity contribution in [3.8, 4) is 58.3 Å². The minimum Gasteiger partial charge on any atom is -0.192 e. The Labute approximate surface area is 602 Å². The van der Waals surface area contributed by atoms with Crippen LogP contribution in [0.3, 0.4) is 0 Å². The van der Waals surface area contributed by atoms with Gasteiger partial charge in [0.05, 0.1) is 28.2 Å². The van der Waals surface area contributed by atoms with Gasteiger partial charge in [-0.05, 0) is 243 Å². The summed E-state index contributed by atoms with van der Waals surface area (Å²) < 4.78 is 11.3. The Bertz CT molecular complexity index is 5540. The predicted octanol–water partition coefficient (Wildman–Crippen LogP) is 24.7. The molecule has 98 heavy (non-hydrogen) atoms. The van der Waals surface area contributed by atoms with Gasteiger partial charge in [-0.15, -0.1) is 90.7 Å². The van der Waals surface area contributed by atoms with Crippen LogP contribution in [0.4, 0.5) is 0 Å². The second-order valence-electron chi connectivity index (χ2n) is 28.8. The number of rotatable bonds is 7. The number of nitriles is 8. The molecule has 8 aromatic rings. The van der Waals surface area contributed by atoms with Crippen molar-refractivity contribution in [2.24, 2.45) is 22.7 Å². The fourth-order valence-corrected chi connectivity index (χ4v) is 31.5. The second kappa shape index (κ2) is 23.8. The molecule has 0 radical (unpaired) electrons. The highest BCUT2D eigenvalue weighted by Crippen LogP contribution is 2.75. The molecule has 10 aliphatic carbocycles. The summed E-state index contributed by atoms with van der Waals surface area (Å²) in [7, 11) is 0. The molecule has 16 heteroatoms. The molecule has 0 amide bonds. The Morgan fingerprint density at radius 1 is 0.367 bits per heavy atom. The van der Waals surface area contributed by atoms with E-state index in [4.69, 9.17) is 0 Å². The van der Waals surface area contributed by atoms with E-state index in [0.29, 0.717) is 11.8 Å². The minimum atomic E-state index is -0.170. The summed E-state index contributed by atoms with van der Waals surface area (Å²) in [6.45, 7) is 0.